The van der Waals surface area contributed by atoms with Gasteiger partial charge < -0.3 is 14.6 Å². The van der Waals surface area contributed by atoms with Gasteiger partial charge in [-0.2, -0.15) is 0 Å². The molecule has 1 aromatic carbocycles. The van der Waals surface area contributed by atoms with Gasteiger partial charge in [0.15, 0.2) is 5.76 Å². The van der Waals surface area contributed by atoms with E-state index in [-0.39, 0.29) is 6.04 Å². The lowest BCUT2D eigenvalue weighted by molar-refractivity contribution is 0.263. The molecule has 0 aliphatic rings. The average Bonchev–Trinajstić information content (AvgIpc) is 2.81. The van der Waals surface area contributed by atoms with Crippen LogP contribution in [0.25, 0.3) is 0 Å². The topological polar surface area (TPSA) is 47.3 Å². The van der Waals surface area contributed by atoms with Crippen molar-refractivity contribution in [2.45, 2.75) is 12.6 Å². The molecule has 19 heavy (non-hydrogen) atoms. The summed E-state index contributed by atoms with van der Waals surface area (Å²) in [4.78, 5) is 0. The van der Waals surface area contributed by atoms with E-state index in [0.717, 1.165) is 14.9 Å². The van der Waals surface area contributed by atoms with Gasteiger partial charge in [-0.25, -0.2) is 0 Å². The smallest absolute Gasteiger partial charge is 0.268 e. The molecule has 1 N–H and O–H groups in total. The van der Waals surface area contributed by atoms with Crippen LogP contribution in [0.1, 0.15) is 17.4 Å². The Morgan fingerprint density at radius 2 is 2.21 bits per heavy atom. The largest absolute Gasteiger partial charge is 0.470 e. The molecule has 1 atom stereocenters. The van der Waals surface area contributed by atoms with Gasteiger partial charge in [0.1, 0.15) is 10.2 Å². The van der Waals surface area contributed by atoms with Crippen molar-refractivity contribution in [3.8, 4) is 5.88 Å². The minimum atomic E-state index is -0.0616. The fourth-order valence-corrected chi connectivity index (χ4v) is 2.33. The lowest BCUT2D eigenvalue weighted by Crippen LogP contribution is -2.13. The third-order valence-electron chi connectivity index (χ3n) is 2.68. The number of benzene rings is 1. The van der Waals surface area contributed by atoms with Crippen LogP contribution in [0.2, 0.25) is 0 Å². The molecule has 0 spiro atoms. The number of nitrogens with one attached hydrogen (secondary N) is 1. The van der Waals surface area contributed by atoms with Gasteiger partial charge in [0.2, 0.25) is 0 Å². The van der Waals surface area contributed by atoms with E-state index >= 15 is 0 Å². The van der Waals surface area contributed by atoms with E-state index in [2.05, 4.69) is 39.6 Å². The highest BCUT2D eigenvalue weighted by Crippen LogP contribution is 2.29. The first-order chi connectivity index (χ1) is 9.26. The van der Waals surface area contributed by atoms with Crippen molar-refractivity contribution in [1.82, 2.24) is 10.5 Å². The highest BCUT2D eigenvalue weighted by Gasteiger charge is 2.20. The van der Waals surface area contributed by atoms with Gasteiger partial charge in [0.05, 0.1) is 6.04 Å². The zero-order valence-corrected chi connectivity index (χ0v) is 12.8. The quantitative estimate of drug-likeness (QED) is 0.626. The number of rotatable bonds is 6. The van der Waals surface area contributed by atoms with E-state index in [1.54, 1.807) is 6.08 Å². The number of hydrogen-bond donors (Lipinski definition) is 1. The average molecular weight is 370 g/mol. The Kier molecular flexibility index (Phi) is 4.98. The molecule has 1 heterocycles. The monoisotopic (exact) mass is 370 g/mol. The van der Waals surface area contributed by atoms with E-state index in [9.17, 15) is 0 Å². The second-order valence-corrected chi connectivity index (χ2v) is 5.02. The summed E-state index contributed by atoms with van der Waals surface area (Å²) >= 11 is 2.17. The Morgan fingerprint density at radius 3 is 2.84 bits per heavy atom. The fourth-order valence-electron chi connectivity index (χ4n) is 1.64. The Balaban J connectivity index is 2.08. The highest BCUT2D eigenvalue weighted by molar-refractivity contribution is 14.1. The van der Waals surface area contributed by atoms with E-state index < -0.39 is 0 Å². The lowest BCUT2D eigenvalue weighted by Gasteiger charge is -2.07. The van der Waals surface area contributed by atoms with Gasteiger partial charge in [-0.3, -0.25) is 0 Å². The molecular weight excluding hydrogens is 355 g/mol. The zero-order valence-electron chi connectivity index (χ0n) is 10.6. The number of halogens is 1. The number of hydrogen-bond acceptors (Lipinski definition) is 4. The van der Waals surface area contributed by atoms with Crippen LogP contribution in [-0.4, -0.2) is 12.2 Å². The first kappa shape index (κ1) is 14.1. The van der Waals surface area contributed by atoms with Crippen LogP contribution in [-0.2, 0) is 6.61 Å². The fraction of sp³-hybridized carbons (Fsp3) is 0.214. The summed E-state index contributed by atoms with van der Waals surface area (Å²) in [5.74, 6) is 1.24. The van der Waals surface area contributed by atoms with Crippen molar-refractivity contribution in [3.63, 3.8) is 0 Å². The molecule has 0 aliphatic heterocycles. The molecule has 5 heteroatoms. The Labute approximate surface area is 126 Å². The zero-order chi connectivity index (χ0) is 13.7. The van der Waals surface area contributed by atoms with E-state index in [0.29, 0.717) is 12.5 Å². The number of nitrogens with zero attached hydrogens (tertiary/aromatic N) is 1. The van der Waals surface area contributed by atoms with E-state index in [4.69, 9.17) is 9.26 Å². The molecule has 4 nitrogen and oxygen atoms in total. The summed E-state index contributed by atoms with van der Waals surface area (Å²) in [5, 5.41) is 7.04. The lowest BCUT2D eigenvalue weighted by atomic mass is 10.2. The molecule has 0 fully saturated rings. The van der Waals surface area contributed by atoms with Gasteiger partial charge in [-0.15, -0.1) is 6.58 Å². The summed E-state index contributed by atoms with van der Waals surface area (Å²) in [7, 11) is 1.84. The molecule has 0 radical (unpaired) electrons. The molecule has 0 saturated heterocycles. The Morgan fingerprint density at radius 1 is 1.47 bits per heavy atom. The first-order valence-electron chi connectivity index (χ1n) is 5.88. The van der Waals surface area contributed by atoms with Crippen molar-refractivity contribution in [2.24, 2.45) is 0 Å². The van der Waals surface area contributed by atoms with E-state index in [1.165, 1.54) is 0 Å². The molecule has 0 saturated carbocycles. The van der Waals surface area contributed by atoms with Crippen molar-refractivity contribution in [1.29, 1.82) is 0 Å². The standard InChI is InChI=1S/C14H15IN2O2/c1-3-11(16-2)13-12(15)14(17-19-13)18-9-10-7-5-4-6-8-10/h3-8,11,16H,1,9H2,2H3/t11-/m1/s1. The molecule has 0 aliphatic carbocycles. The van der Waals surface area contributed by atoms with Crippen molar-refractivity contribution in [2.75, 3.05) is 7.05 Å². The SMILES string of the molecule is C=C[C@@H](NC)c1onc(OCc2ccccc2)c1I. The predicted octanol–water partition coefficient (Wildman–Crippen LogP) is 3.30. The molecule has 0 unspecified atom stereocenters. The van der Waals surface area contributed by atoms with Crippen LogP contribution < -0.4 is 10.1 Å². The maximum absolute atomic E-state index is 5.67. The van der Waals surface area contributed by atoms with Crippen LogP contribution in [0, 0.1) is 3.57 Å². The second kappa shape index (κ2) is 6.72. The Hall–Kier alpha value is -1.34. The maximum atomic E-state index is 5.67. The Bertz CT molecular complexity index is 540. The number of aromatic nitrogens is 1. The molecule has 1 aromatic heterocycles. The highest BCUT2D eigenvalue weighted by atomic mass is 127. The molecule has 0 amide bonds. The van der Waals surface area contributed by atoms with Gasteiger partial charge in [-0.05, 0) is 40.4 Å². The first-order valence-corrected chi connectivity index (χ1v) is 6.95. The van der Waals surface area contributed by atoms with Crippen LogP contribution >= 0.6 is 22.6 Å². The van der Waals surface area contributed by atoms with Gasteiger partial charge in [-0.1, -0.05) is 36.4 Å². The summed E-state index contributed by atoms with van der Waals surface area (Å²) < 4.78 is 11.8. The van der Waals surface area contributed by atoms with Gasteiger partial charge in [0, 0.05) is 0 Å². The van der Waals surface area contributed by atoms with Crippen LogP contribution in [0.3, 0.4) is 0 Å². The van der Waals surface area contributed by atoms with Crippen molar-refractivity contribution < 1.29 is 9.26 Å². The summed E-state index contributed by atoms with van der Waals surface area (Å²) in [5.41, 5.74) is 1.09. The summed E-state index contributed by atoms with van der Waals surface area (Å²) in [6, 6.07) is 9.89. The molecule has 0 bridgehead atoms. The molecule has 2 aromatic rings. The summed E-state index contributed by atoms with van der Waals surface area (Å²) in [6.45, 7) is 4.23. The van der Waals surface area contributed by atoms with Crippen LogP contribution in [0.4, 0.5) is 0 Å². The van der Waals surface area contributed by atoms with E-state index in [1.807, 2.05) is 37.4 Å². The van der Waals surface area contributed by atoms with Gasteiger partial charge in [0.25, 0.3) is 5.88 Å². The third-order valence-corrected chi connectivity index (χ3v) is 3.67. The molecule has 100 valence electrons. The number of ether oxygens (including phenoxy) is 1. The van der Waals surface area contributed by atoms with Crippen LogP contribution in [0.5, 0.6) is 5.88 Å². The second-order valence-electron chi connectivity index (χ2n) is 3.94. The normalized spacial score (nSPS) is 12.1. The third kappa shape index (κ3) is 3.36. The predicted molar refractivity (Wildman–Crippen MR) is 82.0 cm³/mol. The summed E-state index contributed by atoms with van der Waals surface area (Å²) in [6.07, 6.45) is 1.77. The molecular formula is C14H15IN2O2. The molecule has 2 rings (SSSR count). The number of likely N-dealkylation sites (N-methyl/N-ethyl adjacent to an activating group) is 1. The van der Waals surface area contributed by atoms with Crippen LogP contribution in [0.15, 0.2) is 47.5 Å². The minimum Gasteiger partial charge on any atom is -0.470 e. The van der Waals surface area contributed by atoms with Crippen molar-refractivity contribution >= 4 is 22.6 Å². The maximum Gasteiger partial charge on any atom is 0.268 e. The van der Waals surface area contributed by atoms with Crippen molar-refractivity contribution in [3.05, 3.63) is 57.9 Å². The minimum absolute atomic E-state index is 0.0616. The van der Waals surface area contributed by atoms with Gasteiger partial charge >= 0.3 is 0 Å².